The highest BCUT2D eigenvalue weighted by Crippen LogP contribution is 2.20. The van der Waals surface area contributed by atoms with Crippen LogP contribution in [0, 0.1) is 0 Å². The molecule has 18 heavy (non-hydrogen) atoms. The Kier molecular flexibility index (Phi) is 3.06. The van der Waals surface area contributed by atoms with E-state index in [1.54, 1.807) is 18.6 Å². The van der Waals surface area contributed by atoms with Crippen molar-refractivity contribution in [2.75, 3.05) is 11.6 Å². The van der Waals surface area contributed by atoms with Crippen LogP contribution >= 0.6 is 15.9 Å². The van der Waals surface area contributed by atoms with E-state index in [1.807, 2.05) is 17.1 Å². The van der Waals surface area contributed by atoms with Crippen LogP contribution in [0.5, 0.6) is 0 Å². The molecule has 0 fully saturated rings. The van der Waals surface area contributed by atoms with E-state index in [9.17, 15) is 0 Å². The number of hydrogen-bond acceptors (Lipinski definition) is 4. The van der Waals surface area contributed by atoms with Gasteiger partial charge in [-0.3, -0.25) is 4.98 Å². The fourth-order valence-corrected chi connectivity index (χ4v) is 2.16. The molecule has 0 saturated carbocycles. The van der Waals surface area contributed by atoms with Crippen molar-refractivity contribution in [3.8, 4) is 0 Å². The highest BCUT2D eigenvalue weighted by Gasteiger charge is 2.17. The summed E-state index contributed by atoms with van der Waals surface area (Å²) in [5.74, 6) is 0.796. The summed E-state index contributed by atoms with van der Waals surface area (Å²) in [6, 6.07) is 8.21. The van der Waals surface area contributed by atoms with Gasteiger partial charge in [-0.2, -0.15) is 5.10 Å². The number of halogens is 1. The lowest BCUT2D eigenvalue weighted by Crippen LogP contribution is -2.13. The van der Waals surface area contributed by atoms with Gasteiger partial charge in [-0.25, -0.2) is 9.99 Å². The van der Waals surface area contributed by atoms with Crippen molar-refractivity contribution in [3.05, 3.63) is 52.9 Å². The summed E-state index contributed by atoms with van der Waals surface area (Å²) in [6.45, 7) is 0.851. The summed E-state index contributed by atoms with van der Waals surface area (Å²) in [6.07, 6.45) is 6.01. The SMILES string of the molecule is Brc1ccc(C2=NN(c3cnccn3)CC2)cc1. The Morgan fingerprint density at radius 3 is 2.67 bits per heavy atom. The average molecular weight is 303 g/mol. The van der Waals surface area contributed by atoms with E-state index in [-0.39, 0.29) is 0 Å². The van der Waals surface area contributed by atoms with E-state index in [0.29, 0.717) is 0 Å². The Hall–Kier alpha value is -1.75. The minimum atomic E-state index is 0.796. The highest BCUT2D eigenvalue weighted by atomic mass is 79.9. The van der Waals surface area contributed by atoms with Crippen LogP contribution in [0.15, 0.2) is 52.4 Å². The van der Waals surface area contributed by atoms with Crippen molar-refractivity contribution in [1.82, 2.24) is 9.97 Å². The molecule has 5 heteroatoms. The first-order valence-corrected chi connectivity index (χ1v) is 6.49. The molecule has 4 nitrogen and oxygen atoms in total. The molecule has 1 aromatic carbocycles. The molecule has 2 heterocycles. The molecule has 0 saturated heterocycles. The number of hydrogen-bond donors (Lipinski definition) is 0. The van der Waals surface area contributed by atoms with Gasteiger partial charge in [0.1, 0.15) is 0 Å². The van der Waals surface area contributed by atoms with E-state index >= 15 is 0 Å². The molecule has 0 N–H and O–H groups in total. The number of anilines is 1. The number of benzene rings is 1. The van der Waals surface area contributed by atoms with Crippen LogP contribution in [-0.2, 0) is 0 Å². The minimum absolute atomic E-state index is 0.796. The number of nitrogens with zero attached hydrogens (tertiary/aromatic N) is 4. The Morgan fingerprint density at radius 1 is 1.11 bits per heavy atom. The molecule has 1 aliphatic heterocycles. The second kappa shape index (κ2) is 4.86. The molecular formula is C13H11BrN4. The summed E-state index contributed by atoms with van der Waals surface area (Å²) in [7, 11) is 0. The van der Waals surface area contributed by atoms with Gasteiger partial charge in [0.15, 0.2) is 5.82 Å². The molecule has 0 unspecified atom stereocenters. The lowest BCUT2D eigenvalue weighted by atomic mass is 10.1. The first kappa shape index (κ1) is 11.3. The summed E-state index contributed by atoms with van der Waals surface area (Å²) in [5.41, 5.74) is 2.25. The van der Waals surface area contributed by atoms with Crippen molar-refractivity contribution < 1.29 is 0 Å². The Bertz CT molecular complexity index is 565. The topological polar surface area (TPSA) is 41.4 Å². The molecule has 0 atom stereocenters. The zero-order valence-corrected chi connectivity index (χ0v) is 11.2. The van der Waals surface area contributed by atoms with Crippen molar-refractivity contribution in [2.24, 2.45) is 5.10 Å². The zero-order chi connectivity index (χ0) is 12.4. The maximum absolute atomic E-state index is 4.59. The predicted octanol–water partition coefficient (Wildman–Crippen LogP) is 2.85. The first-order chi connectivity index (χ1) is 8.83. The van der Waals surface area contributed by atoms with Gasteiger partial charge in [0, 0.05) is 29.8 Å². The quantitative estimate of drug-likeness (QED) is 0.856. The van der Waals surface area contributed by atoms with Crippen molar-refractivity contribution in [3.63, 3.8) is 0 Å². The van der Waals surface area contributed by atoms with Gasteiger partial charge in [-0.1, -0.05) is 28.1 Å². The lowest BCUT2D eigenvalue weighted by Gasteiger charge is -2.10. The van der Waals surface area contributed by atoms with Crippen LogP contribution in [0.3, 0.4) is 0 Å². The molecule has 1 aliphatic rings. The molecule has 90 valence electrons. The van der Waals surface area contributed by atoms with Crippen molar-refractivity contribution in [2.45, 2.75) is 6.42 Å². The molecule has 3 rings (SSSR count). The molecule has 0 bridgehead atoms. The van der Waals surface area contributed by atoms with Crippen LogP contribution in [0.4, 0.5) is 5.82 Å². The predicted molar refractivity (Wildman–Crippen MR) is 74.7 cm³/mol. The second-order valence-electron chi connectivity index (χ2n) is 3.99. The fraction of sp³-hybridized carbons (Fsp3) is 0.154. The van der Waals surface area contributed by atoms with Gasteiger partial charge in [0.25, 0.3) is 0 Å². The Balaban J connectivity index is 1.86. The van der Waals surface area contributed by atoms with Gasteiger partial charge in [-0.05, 0) is 17.7 Å². The van der Waals surface area contributed by atoms with E-state index in [0.717, 1.165) is 34.5 Å². The third-order valence-electron chi connectivity index (χ3n) is 2.79. The smallest absolute Gasteiger partial charge is 0.167 e. The summed E-state index contributed by atoms with van der Waals surface area (Å²) in [4.78, 5) is 8.31. The van der Waals surface area contributed by atoms with Crippen LogP contribution < -0.4 is 5.01 Å². The normalized spacial score (nSPS) is 14.7. The van der Waals surface area contributed by atoms with Gasteiger partial charge in [-0.15, -0.1) is 0 Å². The second-order valence-corrected chi connectivity index (χ2v) is 4.91. The van der Waals surface area contributed by atoms with Gasteiger partial charge < -0.3 is 0 Å². The Labute approximate surface area is 114 Å². The molecule has 0 aliphatic carbocycles. The minimum Gasteiger partial charge on any atom is -0.259 e. The maximum Gasteiger partial charge on any atom is 0.167 e. The number of rotatable bonds is 2. The van der Waals surface area contributed by atoms with Crippen LogP contribution in [-0.4, -0.2) is 22.2 Å². The zero-order valence-electron chi connectivity index (χ0n) is 9.62. The standard InChI is InChI=1S/C13H11BrN4/c14-11-3-1-10(2-4-11)12-5-8-18(17-12)13-9-15-6-7-16-13/h1-4,6-7,9H,5,8H2. The molecule has 2 aromatic rings. The largest absolute Gasteiger partial charge is 0.259 e. The fourth-order valence-electron chi connectivity index (χ4n) is 1.89. The third kappa shape index (κ3) is 2.26. The van der Waals surface area contributed by atoms with Gasteiger partial charge >= 0.3 is 0 Å². The monoisotopic (exact) mass is 302 g/mol. The van der Waals surface area contributed by atoms with Crippen LogP contribution in [0.2, 0.25) is 0 Å². The summed E-state index contributed by atoms with van der Waals surface area (Å²) >= 11 is 3.43. The summed E-state index contributed by atoms with van der Waals surface area (Å²) in [5, 5.41) is 6.48. The van der Waals surface area contributed by atoms with E-state index in [2.05, 4.69) is 43.1 Å². The lowest BCUT2D eigenvalue weighted by molar-refractivity contribution is 0.888. The Morgan fingerprint density at radius 2 is 1.94 bits per heavy atom. The van der Waals surface area contributed by atoms with Crippen molar-refractivity contribution in [1.29, 1.82) is 0 Å². The number of hydrazone groups is 1. The molecular weight excluding hydrogens is 292 g/mol. The third-order valence-corrected chi connectivity index (χ3v) is 3.32. The van der Waals surface area contributed by atoms with Crippen LogP contribution in [0.1, 0.15) is 12.0 Å². The van der Waals surface area contributed by atoms with E-state index in [4.69, 9.17) is 0 Å². The number of aromatic nitrogens is 2. The van der Waals surface area contributed by atoms with Gasteiger partial charge in [0.2, 0.25) is 0 Å². The molecule has 0 spiro atoms. The molecule has 0 radical (unpaired) electrons. The van der Waals surface area contributed by atoms with E-state index < -0.39 is 0 Å². The first-order valence-electron chi connectivity index (χ1n) is 5.70. The van der Waals surface area contributed by atoms with E-state index in [1.165, 1.54) is 0 Å². The average Bonchev–Trinajstić information content (AvgIpc) is 2.90. The van der Waals surface area contributed by atoms with Crippen molar-refractivity contribution >= 4 is 27.5 Å². The maximum atomic E-state index is 4.59. The van der Waals surface area contributed by atoms with Gasteiger partial charge in [0.05, 0.1) is 11.9 Å². The molecule has 0 amide bonds. The van der Waals surface area contributed by atoms with Crippen LogP contribution in [0.25, 0.3) is 0 Å². The highest BCUT2D eigenvalue weighted by molar-refractivity contribution is 9.10. The summed E-state index contributed by atoms with van der Waals surface area (Å²) < 4.78 is 1.08. The molecule has 1 aromatic heterocycles.